The van der Waals surface area contributed by atoms with Crippen LogP contribution in [0, 0.1) is 0 Å². The Morgan fingerprint density at radius 3 is 2.52 bits per heavy atom. The molecular formula is C18H20N4O5. The number of ether oxygens (including phenoxy) is 3. The molecule has 0 unspecified atom stereocenters. The Bertz CT molecular complexity index is 824. The van der Waals surface area contributed by atoms with E-state index in [0.29, 0.717) is 22.9 Å². The normalized spacial score (nSPS) is 10.8. The molecule has 142 valence electrons. The molecule has 2 amide bonds. The monoisotopic (exact) mass is 372 g/mol. The van der Waals surface area contributed by atoms with Gasteiger partial charge in [-0.25, -0.2) is 9.79 Å². The average molecular weight is 372 g/mol. The molecule has 9 heteroatoms. The number of nitrogens with zero attached hydrogens (tertiary/aromatic N) is 1. The lowest BCUT2D eigenvalue weighted by Crippen LogP contribution is -2.36. The number of aliphatic imine (C=N–C) groups is 1. The second-order valence-corrected chi connectivity index (χ2v) is 5.19. The van der Waals surface area contributed by atoms with Crippen LogP contribution in [0.4, 0.5) is 16.2 Å². The molecule has 27 heavy (non-hydrogen) atoms. The third-order valence-electron chi connectivity index (χ3n) is 3.15. The van der Waals surface area contributed by atoms with E-state index >= 15 is 0 Å². The maximum absolute atomic E-state index is 11.8. The summed E-state index contributed by atoms with van der Waals surface area (Å²) in [6.07, 6.45) is -0.736. The highest BCUT2D eigenvalue weighted by Crippen LogP contribution is 2.33. The van der Waals surface area contributed by atoms with Gasteiger partial charge in [0.05, 0.1) is 18.5 Å². The van der Waals surface area contributed by atoms with E-state index in [1.54, 1.807) is 30.3 Å². The Morgan fingerprint density at radius 1 is 1.11 bits per heavy atom. The second kappa shape index (κ2) is 9.78. The quantitative estimate of drug-likeness (QED) is 0.528. The van der Waals surface area contributed by atoms with Crippen molar-refractivity contribution in [1.29, 1.82) is 0 Å². The number of rotatable bonds is 6. The number of methoxy groups -OCH3 is 2. The molecule has 0 aliphatic heterocycles. The minimum Gasteiger partial charge on any atom is -0.455 e. The molecule has 0 aliphatic carbocycles. The molecule has 0 saturated heterocycles. The van der Waals surface area contributed by atoms with Crippen molar-refractivity contribution in [2.24, 2.45) is 10.7 Å². The van der Waals surface area contributed by atoms with Crippen LogP contribution in [0.15, 0.2) is 53.5 Å². The average Bonchev–Trinajstić information content (AvgIpc) is 2.64. The lowest BCUT2D eigenvalue weighted by Gasteiger charge is -2.13. The summed E-state index contributed by atoms with van der Waals surface area (Å²) in [7, 11) is 2.64. The third kappa shape index (κ3) is 6.33. The number of carbonyl (C=O) groups excluding carboxylic acids is 2. The molecule has 0 radical (unpaired) electrons. The van der Waals surface area contributed by atoms with Crippen molar-refractivity contribution < 1.29 is 23.8 Å². The first-order valence-corrected chi connectivity index (χ1v) is 7.86. The van der Waals surface area contributed by atoms with Gasteiger partial charge in [0.1, 0.15) is 12.4 Å². The van der Waals surface area contributed by atoms with Gasteiger partial charge in [-0.05, 0) is 24.3 Å². The highest BCUT2D eigenvalue weighted by molar-refractivity contribution is 5.95. The van der Waals surface area contributed by atoms with Crippen LogP contribution in [0.5, 0.6) is 11.5 Å². The molecule has 0 bridgehead atoms. The molecule has 0 saturated carbocycles. The fourth-order valence-corrected chi connectivity index (χ4v) is 2.02. The number of anilines is 1. The van der Waals surface area contributed by atoms with Crippen molar-refractivity contribution in [1.82, 2.24) is 5.32 Å². The number of benzene rings is 2. The zero-order chi connectivity index (χ0) is 19.6. The zero-order valence-electron chi connectivity index (χ0n) is 14.9. The van der Waals surface area contributed by atoms with Crippen LogP contribution >= 0.6 is 0 Å². The Balaban J connectivity index is 2.30. The summed E-state index contributed by atoms with van der Waals surface area (Å²) in [6, 6.07) is 13.8. The second-order valence-electron chi connectivity index (χ2n) is 5.19. The summed E-state index contributed by atoms with van der Waals surface area (Å²) in [4.78, 5) is 27.1. The van der Waals surface area contributed by atoms with Crippen molar-refractivity contribution in [3.63, 3.8) is 0 Å². The van der Waals surface area contributed by atoms with E-state index in [0.717, 1.165) is 0 Å². The lowest BCUT2D eigenvalue weighted by atomic mass is 10.2. The number of nitrogens with one attached hydrogen (secondary N) is 2. The SMILES string of the molecule is COCC(=O)Nc1ccc(N=C(N)NC(=O)OC)cc1Oc1ccccc1. The number of hydrogen-bond acceptors (Lipinski definition) is 6. The fourth-order valence-electron chi connectivity index (χ4n) is 2.02. The van der Waals surface area contributed by atoms with Gasteiger partial charge in [0.2, 0.25) is 11.9 Å². The predicted octanol–water partition coefficient (Wildman–Crippen LogP) is 2.37. The minimum absolute atomic E-state index is 0.0965. The van der Waals surface area contributed by atoms with Gasteiger partial charge in [0.25, 0.3) is 0 Å². The Morgan fingerprint density at radius 2 is 1.85 bits per heavy atom. The summed E-state index contributed by atoms with van der Waals surface area (Å²) in [5, 5.41) is 4.95. The number of carbonyl (C=O) groups is 2. The van der Waals surface area contributed by atoms with Crippen LogP contribution in [-0.4, -0.2) is 38.8 Å². The van der Waals surface area contributed by atoms with E-state index in [-0.39, 0.29) is 18.5 Å². The molecule has 2 aromatic rings. The molecular weight excluding hydrogens is 352 g/mol. The van der Waals surface area contributed by atoms with E-state index in [1.807, 2.05) is 18.2 Å². The van der Waals surface area contributed by atoms with Crippen LogP contribution < -0.4 is 21.1 Å². The highest BCUT2D eigenvalue weighted by atomic mass is 16.5. The van der Waals surface area contributed by atoms with Gasteiger partial charge in [0, 0.05) is 13.2 Å². The van der Waals surface area contributed by atoms with Crippen molar-refractivity contribution in [3.05, 3.63) is 48.5 Å². The molecule has 0 atom stereocenters. The van der Waals surface area contributed by atoms with E-state index < -0.39 is 6.09 Å². The van der Waals surface area contributed by atoms with E-state index in [1.165, 1.54) is 14.2 Å². The Kier molecular flexibility index (Phi) is 7.15. The first-order chi connectivity index (χ1) is 13.0. The third-order valence-corrected chi connectivity index (χ3v) is 3.15. The summed E-state index contributed by atoms with van der Waals surface area (Å²) < 4.78 is 15.1. The van der Waals surface area contributed by atoms with Crippen LogP contribution in [0.25, 0.3) is 0 Å². The van der Waals surface area contributed by atoms with E-state index in [2.05, 4.69) is 20.4 Å². The van der Waals surface area contributed by atoms with Crippen molar-refractivity contribution >= 4 is 29.3 Å². The Labute approximate surface area is 156 Å². The lowest BCUT2D eigenvalue weighted by molar-refractivity contribution is -0.119. The molecule has 0 fully saturated rings. The number of guanidine groups is 1. The predicted molar refractivity (Wildman–Crippen MR) is 100 cm³/mol. The van der Waals surface area contributed by atoms with Crippen molar-refractivity contribution in [2.45, 2.75) is 0 Å². The van der Waals surface area contributed by atoms with Crippen molar-refractivity contribution in [2.75, 3.05) is 26.1 Å². The minimum atomic E-state index is -0.736. The summed E-state index contributed by atoms with van der Waals surface area (Å²) in [6.45, 7) is -0.0965. The van der Waals surface area contributed by atoms with Gasteiger partial charge in [-0.2, -0.15) is 0 Å². The number of alkyl carbamates (subject to hydrolysis) is 1. The molecule has 0 aromatic heterocycles. The largest absolute Gasteiger partial charge is 0.455 e. The van der Waals surface area contributed by atoms with Gasteiger partial charge in [-0.1, -0.05) is 18.2 Å². The molecule has 4 N–H and O–H groups in total. The number of nitrogens with two attached hydrogens (primary N) is 1. The maximum atomic E-state index is 11.8. The topological polar surface area (TPSA) is 124 Å². The standard InChI is InChI=1S/C18H20N4O5/c1-25-11-16(23)21-14-9-8-12(20-17(19)22-18(24)26-2)10-15(14)27-13-6-4-3-5-7-13/h3-10H,11H2,1-2H3,(H,21,23)(H3,19,20,22,24). The van der Waals surface area contributed by atoms with E-state index in [9.17, 15) is 9.59 Å². The summed E-state index contributed by atoms with van der Waals surface area (Å²) >= 11 is 0. The summed E-state index contributed by atoms with van der Waals surface area (Å²) in [5.74, 6) is 0.432. The molecule has 2 rings (SSSR count). The molecule has 9 nitrogen and oxygen atoms in total. The highest BCUT2D eigenvalue weighted by Gasteiger charge is 2.11. The van der Waals surface area contributed by atoms with Crippen LogP contribution in [0.1, 0.15) is 0 Å². The van der Waals surface area contributed by atoms with Crippen LogP contribution in [0.2, 0.25) is 0 Å². The molecule has 0 heterocycles. The fraction of sp³-hybridized carbons (Fsp3) is 0.167. The van der Waals surface area contributed by atoms with Crippen LogP contribution in [0.3, 0.4) is 0 Å². The smallest absolute Gasteiger partial charge is 0.413 e. The zero-order valence-corrected chi connectivity index (χ0v) is 14.9. The summed E-state index contributed by atoms with van der Waals surface area (Å²) in [5.41, 5.74) is 6.49. The molecule has 0 aliphatic rings. The number of para-hydroxylation sites is 1. The van der Waals surface area contributed by atoms with Crippen molar-refractivity contribution in [3.8, 4) is 11.5 Å². The van der Waals surface area contributed by atoms with E-state index in [4.69, 9.17) is 15.2 Å². The van der Waals surface area contributed by atoms with Gasteiger partial charge in [-0.3, -0.25) is 10.1 Å². The molecule has 0 spiro atoms. The Hall–Kier alpha value is -3.59. The first kappa shape index (κ1) is 19.7. The van der Waals surface area contributed by atoms with Gasteiger partial charge in [-0.15, -0.1) is 0 Å². The number of hydrogen-bond donors (Lipinski definition) is 3. The van der Waals surface area contributed by atoms with Gasteiger partial charge < -0.3 is 25.3 Å². The maximum Gasteiger partial charge on any atom is 0.413 e. The first-order valence-electron chi connectivity index (χ1n) is 7.86. The van der Waals surface area contributed by atoms with Crippen LogP contribution in [-0.2, 0) is 14.3 Å². The number of amides is 2. The van der Waals surface area contributed by atoms with Gasteiger partial charge >= 0.3 is 6.09 Å². The molecule has 2 aromatic carbocycles. The van der Waals surface area contributed by atoms with Gasteiger partial charge in [0.15, 0.2) is 5.75 Å².